The maximum atomic E-state index is 2.72. The fourth-order valence-electron chi connectivity index (χ4n) is 3.41. The van der Waals surface area contributed by atoms with Crippen molar-refractivity contribution in [2.45, 2.75) is 36.6 Å². The molecule has 0 bridgehead atoms. The van der Waals surface area contributed by atoms with Crippen LogP contribution in [0.2, 0.25) is 0 Å². The summed E-state index contributed by atoms with van der Waals surface area (Å²) >= 11 is 1.84. The van der Waals surface area contributed by atoms with Crippen molar-refractivity contribution in [2.24, 2.45) is 0 Å². The first-order chi connectivity index (χ1) is 9.36. The lowest BCUT2D eigenvalue weighted by Gasteiger charge is -2.36. The topological polar surface area (TPSA) is 6.48 Å². The third-order valence-corrected chi connectivity index (χ3v) is 5.20. The number of anilines is 1. The van der Waals surface area contributed by atoms with Gasteiger partial charge in [0.15, 0.2) is 0 Å². The highest BCUT2D eigenvalue weighted by Gasteiger charge is 2.27. The molecule has 0 spiro atoms. The molecule has 2 heterocycles. The highest BCUT2D eigenvalue weighted by atomic mass is 32.2. The molecule has 2 nitrogen and oxygen atoms in total. The van der Waals surface area contributed by atoms with E-state index in [0.29, 0.717) is 0 Å². The minimum atomic E-state index is 0.786. The van der Waals surface area contributed by atoms with E-state index < -0.39 is 0 Å². The van der Waals surface area contributed by atoms with Gasteiger partial charge in [0, 0.05) is 36.3 Å². The summed E-state index contributed by atoms with van der Waals surface area (Å²) in [6.07, 6.45) is 7.67. The molecule has 1 aromatic carbocycles. The number of hydrogen-bond donors (Lipinski definition) is 0. The largest absolute Gasteiger partial charge is 0.370 e. The summed E-state index contributed by atoms with van der Waals surface area (Å²) in [5, 5.41) is 0. The Labute approximate surface area is 121 Å². The molecule has 0 N–H and O–H groups in total. The van der Waals surface area contributed by atoms with E-state index >= 15 is 0 Å². The lowest BCUT2D eigenvalue weighted by Crippen LogP contribution is -2.44. The number of fused-ring (bicyclic) bond motifs is 1. The van der Waals surface area contributed by atoms with Crippen LogP contribution in [-0.2, 0) is 0 Å². The molecular weight excluding hydrogens is 252 g/mol. The number of nitrogens with zero attached hydrogens (tertiary/aromatic N) is 2. The molecule has 1 unspecified atom stereocenters. The van der Waals surface area contributed by atoms with Crippen molar-refractivity contribution < 1.29 is 0 Å². The number of thioether (sulfide) groups is 1. The summed E-state index contributed by atoms with van der Waals surface area (Å²) in [7, 11) is 0. The van der Waals surface area contributed by atoms with Gasteiger partial charge in [0.05, 0.1) is 0 Å². The lowest BCUT2D eigenvalue weighted by molar-refractivity contribution is 0.162. The fourth-order valence-corrected chi connectivity index (χ4v) is 3.87. The van der Waals surface area contributed by atoms with Gasteiger partial charge < -0.3 is 4.90 Å². The van der Waals surface area contributed by atoms with Crippen molar-refractivity contribution in [1.82, 2.24) is 4.90 Å². The van der Waals surface area contributed by atoms with E-state index in [4.69, 9.17) is 0 Å². The van der Waals surface area contributed by atoms with E-state index in [9.17, 15) is 0 Å². The molecule has 0 amide bonds. The monoisotopic (exact) mass is 276 g/mol. The zero-order valence-electron chi connectivity index (χ0n) is 11.8. The molecule has 3 heteroatoms. The molecule has 2 aliphatic heterocycles. The average Bonchev–Trinajstić information content (AvgIpc) is 2.69. The summed E-state index contributed by atoms with van der Waals surface area (Å²) in [5.74, 6) is 0. The molecule has 0 aromatic heterocycles. The molecule has 1 aromatic rings. The van der Waals surface area contributed by atoms with Crippen molar-refractivity contribution in [3.63, 3.8) is 0 Å². The Morgan fingerprint density at radius 1 is 1.11 bits per heavy atom. The quantitative estimate of drug-likeness (QED) is 0.764. The third-order valence-electron chi connectivity index (χ3n) is 4.47. The number of rotatable bonds is 2. The first-order valence-corrected chi connectivity index (χ1v) is 8.72. The molecule has 0 saturated carbocycles. The maximum Gasteiger partial charge on any atom is 0.0377 e. The summed E-state index contributed by atoms with van der Waals surface area (Å²) in [4.78, 5) is 6.71. The van der Waals surface area contributed by atoms with Gasteiger partial charge in [0.2, 0.25) is 0 Å². The van der Waals surface area contributed by atoms with Gasteiger partial charge in [-0.25, -0.2) is 0 Å². The zero-order valence-corrected chi connectivity index (χ0v) is 12.7. The second kappa shape index (κ2) is 6.19. The summed E-state index contributed by atoms with van der Waals surface area (Å²) in [6, 6.07) is 9.82. The van der Waals surface area contributed by atoms with Crippen LogP contribution < -0.4 is 4.90 Å². The SMILES string of the molecule is CSc1cccc(N2CCCN3CCCCC3C2)c1. The van der Waals surface area contributed by atoms with Crippen LogP contribution in [0.5, 0.6) is 0 Å². The molecule has 2 saturated heterocycles. The van der Waals surface area contributed by atoms with E-state index in [1.54, 1.807) is 0 Å². The number of benzene rings is 1. The van der Waals surface area contributed by atoms with Gasteiger partial charge in [-0.05, 0) is 50.3 Å². The van der Waals surface area contributed by atoms with E-state index in [1.807, 2.05) is 11.8 Å². The molecule has 0 aliphatic carbocycles. The first kappa shape index (κ1) is 13.3. The third kappa shape index (κ3) is 3.09. The van der Waals surface area contributed by atoms with Crippen LogP contribution in [-0.4, -0.2) is 43.4 Å². The molecule has 1 atom stereocenters. The second-order valence-corrected chi connectivity index (χ2v) is 6.57. The Balaban J connectivity index is 1.76. The number of piperidine rings is 1. The molecule has 2 fully saturated rings. The first-order valence-electron chi connectivity index (χ1n) is 7.50. The van der Waals surface area contributed by atoms with Crippen LogP contribution >= 0.6 is 11.8 Å². The number of hydrogen-bond acceptors (Lipinski definition) is 3. The molecule has 2 aliphatic rings. The summed E-state index contributed by atoms with van der Waals surface area (Å²) in [5.41, 5.74) is 1.42. The average molecular weight is 276 g/mol. The van der Waals surface area contributed by atoms with Gasteiger partial charge in [0.25, 0.3) is 0 Å². The van der Waals surface area contributed by atoms with Gasteiger partial charge in [-0.3, -0.25) is 4.90 Å². The normalized spacial score (nSPS) is 24.9. The van der Waals surface area contributed by atoms with E-state index in [0.717, 1.165) is 6.04 Å². The Bertz CT molecular complexity index is 421. The van der Waals surface area contributed by atoms with Gasteiger partial charge in [0.1, 0.15) is 0 Å². The Morgan fingerprint density at radius 3 is 2.89 bits per heavy atom. The van der Waals surface area contributed by atoms with Gasteiger partial charge >= 0.3 is 0 Å². The van der Waals surface area contributed by atoms with Crippen molar-refractivity contribution in [3.05, 3.63) is 24.3 Å². The highest BCUT2D eigenvalue weighted by molar-refractivity contribution is 7.98. The predicted octanol–water partition coefficient (Wildman–Crippen LogP) is 3.47. The van der Waals surface area contributed by atoms with Gasteiger partial charge in [-0.15, -0.1) is 11.8 Å². The smallest absolute Gasteiger partial charge is 0.0377 e. The Kier molecular flexibility index (Phi) is 4.34. The van der Waals surface area contributed by atoms with E-state index in [1.165, 1.54) is 62.4 Å². The molecular formula is C16H24N2S. The van der Waals surface area contributed by atoms with Crippen LogP contribution in [0.15, 0.2) is 29.2 Å². The van der Waals surface area contributed by atoms with Crippen molar-refractivity contribution >= 4 is 17.4 Å². The molecule has 104 valence electrons. The van der Waals surface area contributed by atoms with E-state index in [-0.39, 0.29) is 0 Å². The molecule has 19 heavy (non-hydrogen) atoms. The second-order valence-electron chi connectivity index (χ2n) is 5.69. The Morgan fingerprint density at radius 2 is 2.00 bits per heavy atom. The molecule has 0 radical (unpaired) electrons. The van der Waals surface area contributed by atoms with Crippen LogP contribution in [0.4, 0.5) is 5.69 Å². The zero-order chi connectivity index (χ0) is 13.1. The summed E-state index contributed by atoms with van der Waals surface area (Å²) < 4.78 is 0. The predicted molar refractivity (Wildman–Crippen MR) is 84.3 cm³/mol. The van der Waals surface area contributed by atoms with Gasteiger partial charge in [-0.1, -0.05) is 12.5 Å². The minimum Gasteiger partial charge on any atom is -0.370 e. The van der Waals surface area contributed by atoms with E-state index in [2.05, 4.69) is 40.3 Å². The molecule has 3 rings (SSSR count). The summed E-state index contributed by atoms with van der Waals surface area (Å²) in [6.45, 7) is 5.05. The fraction of sp³-hybridized carbons (Fsp3) is 0.625. The maximum absolute atomic E-state index is 2.72. The van der Waals surface area contributed by atoms with Crippen molar-refractivity contribution in [1.29, 1.82) is 0 Å². The minimum absolute atomic E-state index is 0.786. The van der Waals surface area contributed by atoms with Crippen LogP contribution in [0.3, 0.4) is 0 Å². The van der Waals surface area contributed by atoms with Crippen LogP contribution in [0.25, 0.3) is 0 Å². The highest BCUT2D eigenvalue weighted by Crippen LogP contribution is 2.27. The van der Waals surface area contributed by atoms with Crippen LogP contribution in [0, 0.1) is 0 Å². The van der Waals surface area contributed by atoms with Crippen molar-refractivity contribution in [2.75, 3.05) is 37.3 Å². The van der Waals surface area contributed by atoms with Crippen molar-refractivity contribution in [3.8, 4) is 0 Å². The lowest BCUT2D eigenvalue weighted by atomic mass is 10.0. The Hall–Kier alpha value is -0.670. The van der Waals surface area contributed by atoms with Crippen LogP contribution in [0.1, 0.15) is 25.7 Å². The standard InChI is InChI=1S/C16H24N2S/c1-19-16-8-4-7-14(12-16)18-11-5-10-17-9-3-2-6-15(17)13-18/h4,7-8,12,15H,2-3,5-6,9-11,13H2,1H3. The van der Waals surface area contributed by atoms with Gasteiger partial charge in [-0.2, -0.15) is 0 Å².